The number of nitrogens with two attached hydrogens (primary N) is 3. The first-order valence-corrected chi connectivity index (χ1v) is 12.0. The molecular formula is C26H32N6O7. The van der Waals surface area contributed by atoms with Crippen LogP contribution in [-0.4, -0.2) is 64.8 Å². The maximum atomic E-state index is 13.2. The number of aliphatic carboxylic acids is 1. The predicted molar refractivity (Wildman–Crippen MR) is 139 cm³/mol. The van der Waals surface area contributed by atoms with Crippen LogP contribution in [0.1, 0.15) is 24.0 Å². The Morgan fingerprint density at radius 3 is 1.49 bits per heavy atom. The lowest BCUT2D eigenvalue weighted by Gasteiger charge is -2.25. The molecule has 0 fully saturated rings. The molecule has 0 spiro atoms. The van der Waals surface area contributed by atoms with E-state index in [4.69, 9.17) is 17.2 Å². The molecule has 10 N–H and O–H groups in total. The van der Waals surface area contributed by atoms with Crippen LogP contribution >= 0.6 is 0 Å². The first-order chi connectivity index (χ1) is 18.5. The Bertz CT molecular complexity index is 1180. The molecule has 0 bridgehead atoms. The van der Waals surface area contributed by atoms with Crippen LogP contribution in [-0.2, 0) is 41.6 Å². The number of carbonyl (C=O) groups is 6. The van der Waals surface area contributed by atoms with Gasteiger partial charge in [-0.05, 0) is 11.1 Å². The Labute approximate surface area is 224 Å². The second-order valence-corrected chi connectivity index (χ2v) is 8.85. The Balaban J connectivity index is 2.22. The van der Waals surface area contributed by atoms with Gasteiger partial charge in [-0.2, -0.15) is 0 Å². The second kappa shape index (κ2) is 14.8. The lowest BCUT2D eigenvalue weighted by Crippen LogP contribution is -2.58. The van der Waals surface area contributed by atoms with Crippen molar-refractivity contribution in [1.82, 2.24) is 16.0 Å². The third-order valence-corrected chi connectivity index (χ3v) is 5.61. The van der Waals surface area contributed by atoms with Gasteiger partial charge in [0.2, 0.25) is 29.5 Å². The number of nitrogens with one attached hydrogen (secondary N) is 3. The van der Waals surface area contributed by atoms with Gasteiger partial charge in [0.25, 0.3) is 0 Å². The minimum absolute atomic E-state index is 0.0294. The van der Waals surface area contributed by atoms with Crippen molar-refractivity contribution in [3.8, 4) is 0 Å². The van der Waals surface area contributed by atoms with Crippen LogP contribution in [0.25, 0.3) is 0 Å². The van der Waals surface area contributed by atoms with Gasteiger partial charge in [0.15, 0.2) is 0 Å². The number of primary amides is 2. The molecule has 0 heterocycles. The number of hydrogen-bond donors (Lipinski definition) is 7. The van der Waals surface area contributed by atoms with Crippen LogP contribution in [0.2, 0.25) is 0 Å². The normalized spacial score (nSPS) is 13.7. The van der Waals surface area contributed by atoms with Gasteiger partial charge < -0.3 is 38.3 Å². The van der Waals surface area contributed by atoms with E-state index in [1.165, 1.54) is 0 Å². The van der Waals surface area contributed by atoms with Crippen molar-refractivity contribution in [3.63, 3.8) is 0 Å². The summed E-state index contributed by atoms with van der Waals surface area (Å²) >= 11 is 0. The minimum Gasteiger partial charge on any atom is -0.480 e. The molecule has 0 radical (unpaired) electrons. The van der Waals surface area contributed by atoms with Crippen LogP contribution in [0.3, 0.4) is 0 Å². The second-order valence-electron chi connectivity index (χ2n) is 8.85. The number of amides is 5. The molecule has 4 atom stereocenters. The number of carboxylic acid groups (broad SMARTS) is 1. The van der Waals surface area contributed by atoms with Gasteiger partial charge >= 0.3 is 5.97 Å². The maximum Gasteiger partial charge on any atom is 0.326 e. The summed E-state index contributed by atoms with van der Waals surface area (Å²) in [6.45, 7) is 0. The molecule has 0 aliphatic carbocycles. The fourth-order valence-electron chi connectivity index (χ4n) is 3.65. The van der Waals surface area contributed by atoms with Gasteiger partial charge in [0.05, 0.1) is 18.9 Å². The van der Waals surface area contributed by atoms with Crippen molar-refractivity contribution in [2.45, 2.75) is 49.9 Å². The molecule has 13 heteroatoms. The van der Waals surface area contributed by atoms with E-state index in [2.05, 4.69) is 16.0 Å². The van der Waals surface area contributed by atoms with E-state index in [0.29, 0.717) is 11.1 Å². The molecular weight excluding hydrogens is 508 g/mol. The topological polar surface area (TPSA) is 237 Å². The highest BCUT2D eigenvalue weighted by Gasteiger charge is 2.31. The van der Waals surface area contributed by atoms with Gasteiger partial charge in [0.1, 0.15) is 18.1 Å². The molecule has 2 rings (SSSR count). The highest BCUT2D eigenvalue weighted by atomic mass is 16.4. The van der Waals surface area contributed by atoms with Crippen LogP contribution in [0, 0.1) is 0 Å². The molecule has 208 valence electrons. The van der Waals surface area contributed by atoms with E-state index in [1.54, 1.807) is 60.7 Å². The number of carbonyl (C=O) groups excluding carboxylic acids is 5. The minimum atomic E-state index is -1.54. The lowest BCUT2D eigenvalue weighted by molar-refractivity contribution is -0.142. The Kier molecular flexibility index (Phi) is 11.6. The van der Waals surface area contributed by atoms with E-state index in [0.717, 1.165) is 0 Å². The summed E-state index contributed by atoms with van der Waals surface area (Å²) in [5.41, 5.74) is 17.3. The monoisotopic (exact) mass is 540 g/mol. The van der Waals surface area contributed by atoms with Crippen molar-refractivity contribution in [1.29, 1.82) is 0 Å². The molecule has 2 aromatic rings. The van der Waals surface area contributed by atoms with Crippen molar-refractivity contribution < 1.29 is 33.9 Å². The van der Waals surface area contributed by atoms with E-state index >= 15 is 0 Å². The molecule has 13 nitrogen and oxygen atoms in total. The zero-order valence-electron chi connectivity index (χ0n) is 21.0. The fraction of sp³-hybridized carbons (Fsp3) is 0.308. The zero-order chi connectivity index (χ0) is 28.9. The van der Waals surface area contributed by atoms with Crippen LogP contribution < -0.4 is 33.2 Å². The quantitative estimate of drug-likeness (QED) is 0.134. The SMILES string of the molecule is NC(=O)CC(N)C(=O)NC(Cc1ccccc1)C(=O)NC(CC(N)=O)C(=O)NC(Cc1ccccc1)C(=O)O. The molecule has 4 unspecified atom stereocenters. The Morgan fingerprint density at radius 1 is 0.615 bits per heavy atom. The smallest absolute Gasteiger partial charge is 0.326 e. The summed E-state index contributed by atoms with van der Waals surface area (Å²) in [6.07, 6.45) is -1.18. The third kappa shape index (κ3) is 10.6. The van der Waals surface area contributed by atoms with Crippen LogP contribution in [0.4, 0.5) is 0 Å². The maximum absolute atomic E-state index is 13.2. The molecule has 0 saturated heterocycles. The van der Waals surface area contributed by atoms with E-state index in [1.807, 2.05) is 0 Å². The van der Waals surface area contributed by atoms with Crippen molar-refractivity contribution in [2.75, 3.05) is 0 Å². The lowest BCUT2D eigenvalue weighted by atomic mass is 10.0. The van der Waals surface area contributed by atoms with Crippen molar-refractivity contribution >= 4 is 35.5 Å². The molecule has 39 heavy (non-hydrogen) atoms. The summed E-state index contributed by atoms with van der Waals surface area (Å²) in [7, 11) is 0. The van der Waals surface area contributed by atoms with Gasteiger partial charge in [-0.3, -0.25) is 24.0 Å². The van der Waals surface area contributed by atoms with E-state index in [9.17, 15) is 33.9 Å². The molecule has 0 aliphatic heterocycles. The summed E-state index contributed by atoms with van der Waals surface area (Å²) in [6, 6.07) is 11.6. The zero-order valence-corrected chi connectivity index (χ0v) is 21.0. The Hall–Kier alpha value is -4.78. The highest BCUT2D eigenvalue weighted by Crippen LogP contribution is 2.07. The van der Waals surface area contributed by atoms with Crippen molar-refractivity contribution in [3.05, 3.63) is 71.8 Å². The average Bonchev–Trinajstić information content (AvgIpc) is 2.87. The summed E-state index contributed by atoms with van der Waals surface area (Å²) in [5.74, 6) is -5.74. The van der Waals surface area contributed by atoms with E-state index < -0.39 is 72.5 Å². The van der Waals surface area contributed by atoms with Gasteiger partial charge in [-0.25, -0.2) is 4.79 Å². The first-order valence-electron chi connectivity index (χ1n) is 12.0. The third-order valence-electron chi connectivity index (χ3n) is 5.61. The summed E-state index contributed by atoms with van der Waals surface area (Å²) in [4.78, 5) is 73.4. The molecule has 2 aromatic carbocycles. The molecule has 5 amide bonds. The van der Waals surface area contributed by atoms with Crippen LogP contribution in [0.5, 0.6) is 0 Å². The summed E-state index contributed by atoms with van der Waals surface area (Å²) in [5, 5.41) is 16.7. The number of carboxylic acids is 1. The van der Waals surface area contributed by atoms with Gasteiger partial charge in [-0.15, -0.1) is 0 Å². The standard InChI is InChI=1S/C26H32N6O7/c27-17(13-21(28)33)23(35)30-18(11-15-7-3-1-4-8-15)24(36)31-19(14-22(29)34)25(37)32-20(26(38)39)12-16-9-5-2-6-10-16/h1-10,17-20H,11-14,27H2,(H2,28,33)(H2,29,34)(H,30,35)(H,31,36)(H,32,37)(H,38,39). The molecule has 0 saturated carbocycles. The average molecular weight is 541 g/mol. The number of benzene rings is 2. The van der Waals surface area contributed by atoms with E-state index in [-0.39, 0.29) is 12.8 Å². The summed E-state index contributed by atoms with van der Waals surface area (Å²) < 4.78 is 0. The first kappa shape index (κ1) is 30.4. The Morgan fingerprint density at radius 2 is 1.03 bits per heavy atom. The molecule has 0 aromatic heterocycles. The number of hydrogen-bond acceptors (Lipinski definition) is 7. The highest BCUT2D eigenvalue weighted by molar-refractivity contribution is 5.96. The number of rotatable bonds is 15. The van der Waals surface area contributed by atoms with Gasteiger partial charge in [-0.1, -0.05) is 60.7 Å². The fourth-order valence-corrected chi connectivity index (χ4v) is 3.65. The van der Waals surface area contributed by atoms with Crippen molar-refractivity contribution in [2.24, 2.45) is 17.2 Å². The van der Waals surface area contributed by atoms with Gasteiger partial charge in [0, 0.05) is 12.8 Å². The largest absolute Gasteiger partial charge is 0.480 e. The van der Waals surface area contributed by atoms with Crippen LogP contribution in [0.15, 0.2) is 60.7 Å². The molecule has 0 aliphatic rings. The predicted octanol–water partition coefficient (Wildman–Crippen LogP) is -1.91.